The van der Waals surface area contributed by atoms with E-state index in [0.29, 0.717) is 36.6 Å². The van der Waals surface area contributed by atoms with Crippen molar-refractivity contribution in [3.63, 3.8) is 0 Å². The van der Waals surface area contributed by atoms with E-state index in [1.807, 2.05) is 24.9 Å². The Morgan fingerprint density at radius 3 is 2.40 bits per heavy atom. The van der Waals surface area contributed by atoms with Crippen molar-refractivity contribution in [2.45, 2.75) is 30.4 Å². The summed E-state index contributed by atoms with van der Waals surface area (Å²) < 4.78 is 33.8. The number of anilines is 3. The number of aliphatic hydroxyl groups is 1. The van der Waals surface area contributed by atoms with E-state index in [1.165, 1.54) is 21.3 Å². The number of sulfonamides is 1. The number of ether oxygens (including phenoxy) is 1. The van der Waals surface area contributed by atoms with Crippen molar-refractivity contribution >= 4 is 33.0 Å². The Morgan fingerprint density at radius 1 is 1.10 bits per heavy atom. The minimum atomic E-state index is -3.82. The van der Waals surface area contributed by atoms with E-state index in [0.717, 1.165) is 5.69 Å². The van der Waals surface area contributed by atoms with Crippen LogP contribution in [0.15, 0.2) is 47.4 Å². The highest BCUT2D eigenvalue weighted by molar-refractivity contribution is 7.92. The van der Waals surface area contributed by atoms with Gasteiger partial charge in [-0.15, -0.1) is 0 Å². The summed E-state index contributed by atoms with van der Waals surface area (Å²) in [4.78, 5) is 15.7. The molecule has 2 heterocycles. The molecule has 2 unspecified atom stereocenters. The van der Waals surface area contributed by atoms with Crippen molar-refractivity contribution in [1.29, 1.82) is 0 Å². The molecule has 0 saturated carbocycles. The summed E-state index contributed by atoms with van der Waals surface area (Å²) in [7, 11) is -0.317. The molecule has 0 aliphatic carbocycles. The van der Waals surface area contributed by atoms with Crippen LogP contribution < -0.4 is 18.8 Å². The van der Waals surface area contributed by atoms with E-state index in [9.17, 15) is 18.3 Å². The number of rotatable bonds is 4. The molecule has 9 heteroatoms. The highest BCUT2D eigenvalue weighted by Crippen LogP contribution is 2.40. The first-order valence-corrected chi connectivity index (χ1v) is 11.2. The van der Waals surface area contributed by atoms with Crippen molar-refractivity contribution in [2.75, 3.05) is 41.4 Å². The summed E-state index contributed by atoms with van der Waals surface area (Å²) in [5.41, 5.74) is 1.95. The van der Waals surface area contributed by atoms with Crippen LogP contribution >= 0.6 is 0 Å². The van der Waals surface area contributed by atoms with Gasteiger partial charge in [-0.05, 0) is 43.3 Å². The minimum Gasteiger partial charge on any atom is -0.497 e. The number of fused-ring (bicyclic) bond motifs is 1. The zero-order valence-electron chi connectivity index (χ0n) is 17.1. The molecule has 0 radical (unpaired) electrons. The molecule has 1 amide bonds. The summed E-state index contributed by atoms with van der Waals surface area (Å²) in [6, 6.07) is 11.3. The van der Waals surface area contributed by atoms with Gasteiger partial charge in [0.05, 0.1) is 29.4 Å². The van der Waals surface area contributed by atoms with E-state index >= 15 is 0 Å². The molecule has 30 heavy (non-hydrogen) atoms. The lowest BCUT2D eigenvalue weighted by molar-refractivity contribution is -0.123. The predicted octanol–water partition coefficient (Wildman–Crippen LogP) is 1.83. The fourth-order valence-electron chi connectivity index (χ4n) is 4.13. The van der Waals surface area contributed by atoms with Gasteiger partial charge >= 0.3 is 0 Å². The maximum atomic E-state index is 13.5. The summed E-state index contributed by atoms with van der Waals surface area (Å²) in [6.45, 7) is 2.83. The lowest BCUT2D eigenvalue weighted by atomic mass is 10.1. The van der Waals surface area contributed by atoms with Crippen LogP contribution in [0.3, 0.4) is 0 Å². The normalized spacial score (nSPS) is 21.7. The number of methoxy groups -OCH3 is 1. The third-order valence-corrected chi connectivity index (χ3v) is 7.59. The number of aliphatic hydroxyl groups excluding tert-OH is 1. The fourth-order valence-corrected chi connectivity index (χ4v) is 5.79. The van der Waals surface area contributed by atoms with Gasteiger partial charge in [0.2, 0.25) is 0 Å². The van der Waals surface area contributed by atoms with Crippen LogP contribution in [0.25, 0.3) is 0 Å². The van der Waals surface area contributed by atoms with Crippen molar-refractivity contribution in [3.05, 3.63) is 42.5 Å². The molecule has 2 aromatic carbocycles. The molecular weight excluding hydrogens is 406 g/mol. The van der Waals surface area contributed by atoms with Crippen LogP contribution in [0, 0.1) is 0 Å². The number of benzene rings is 2. The van der Waals surface area contributed by atoms with Crippen LogP contribution in [0.4, 0.5) is 17.1 Å². The number of likely N-dealkylation sites (N-methyl/N-ethyl adjacent to an activating group) is 1. The largest absolute Gasteiger partial charge is 0.497 e. The quantitative estimate of drug-likeness (QED) is 0.794. The van der Waals surface area contributed by atoms with Gasteiger partial charge in [-0.3, -0.25) is 9.10 Å². The minimum absolute atomic E-state index is 0.150. The van der Waals surface area contributed by atoms with Gasteiger partial charge in [-0.25, -0.2) is 8.42 Å². The maximum absolute atomic E-state index is 13.5. The Balaban J connectivity index is 1.70. The van der Waals surface area contributed by atoms with Gasteiger partial charge in [0.1, 0.15) is 11.9 Å². The Bertz CT molecular complexity index is 1070. The van der Waals surface area contributed by atoms with Crippen LogP contribution in [-0.2, 0) is 14.8 Å². The monoisotopic (exact) mass is 431 g/mol. The molecule has 0 bridgehead atoms. The molecule has 0 aromatic heterocycles. The predicted molar refractivity (Wildman–Crippen MR) is 115 cm³/mol. The highest BCUT2D eigenvalue weighted by atomic mass is 32.2. The number of nitrogens with zero attached hydrogens (tertiary/aromatic N) is 3. The smallest absolute Gasteiger partial charge is 0.264 e. The Kier molecular flexibility index (Phi) is 5.11. The molecule has 2 atom stereocenters. The number of carbonyl (C=O) groups is 1. The van der Waals surface area contributed by atoms with Crippen molar-refractivity contribution in [3.8, 4) is 5.75 Å². The zero-order valence-corrected chi connectivity index (χ0v) is 18.0. The summed E-state index contributed by atoms with van der Waals surface area (Å²) in [5.74, 6) is 0.301. The topological polar surface area (TPSA) is 90.4 Å². The van der Waals surface area contributed by atoms with Gasteiger partial charge in [-0.1, -0.05) is 0 Å². The van der Waals surface area contributed by atoms with Crippen LogP contribution in [0.5, 0.6) is 5.75 Å². The summed E-state index contributed by atoms with van der Waals surface area (Å²) in [5, 5.41) is 9.66. The van der Waals surface area contributed by atoms with Gasteiger partial charge in [0.25, 0.3) is 15.9 Å². The molecule has 0 spiro atoms. The maximum Gasteiger partial charge on any atom is 0.264 e. The van der Waals surface area contributed by atoms with E-state index in [1.54, 1.807) is 31.4 Å². The van der Waals surface area contributed by atoms with E-state index in [2.05, 4.69) is 0 Å². The second-order valence-corrected chi connectivity index (χ2v) is 9.49. The van der Waals surface area contributed by atoms with Gasteiger partial charge < -0.3 is 19.6 Å². The zero-order chi connectivity index (χ0) is 21.6. The lowest BCUT2D eigenvalue weighted by Gasteiger charge is -2.41. The van der Waals surface area contributed by atoms with Crippen LogP contribution in [0.2, 0.25) is 0 Å². The third-order valence-electron chi connectivity index (χ3n) is 5.65. The van der Waals surface area contributed by atoms with Gasteiger partial charge in [0, 0.05) is 38.3 Å². The average Bonchev–Trinajstić information content (AvgIpc) is 3.06. The van der Waals surface area contributed by atoms with Crippen LogP contribution in [0.1, 0.15) is 13.3 Å². The first-order valence-electron chi connectivity index (χ1n) is 9.77. The number of hydrogen-bond acceptors (Lipinski definition) is 6. The molecule has 1 N–H and O–H groups in total. The fraction of sp³-hybridized carbons (Fsp3) is 0.381. The van der Waals surface area contributed by atoms with Crippen molar-refractivity contribution in [1.82, 2.24) is 0 Å². The molecule has 1 saturated heterocycles. The number of hydrogen-bond donors (Lipinski definition) is 1. The number of amides is 1. The first-order chi connectivity index (χ1) is 14.2. The van der Waals surface area contributed by atoms with Crippen molar-refractivity contribution in [2.24, 2.45) is 0 Å². The molecule has 8 nitrogen and oxygen atoms in total. The first kappa shape index (κ1) is 20.5. The van der Waals surface area contributed by atoms with Crippen LogP contribution in [-0.4, -0.2) is 58.8 Å². The summed E-state index contributed by atoms with van der Waals surface area (Å²) in [6.07, 6.45) is -0.620. The highest BCUT2D eigenvalue weighted by Gasteiger charge is 2.36. The molecule has 4 rings (SSSR count). The van der Waals surface area contributed by atoms with E-state index in [-0.39, 0.29) is 16.8 Å². The molecule has 160 valence electrons. The number of carbonyl (C=O) groups excluding carboxylic acids is 1. The molecule has 1 fully saturated rings. The molecule has 2 aliphatic rings. The summed E-state index contributed by atoms with van der Waals surface area (Å²) >= 11 is 0. The molecule has 2 aliphatic heterocycles. The standard InChI is InChI=1S/C21H25N3O5S/c1-14-13-22(2)19-12-16(29-3)6-9-18(19)24(14)30(27,28)17-7-4-15(5-8-17)23-11-10-20(25)21(23)26/h4-9,12,14,20,25H,10-11,13H2,1-3H3. The molecular formula is C21H25N3O5S. The average molecular weight is 432 g/mol. The SMILES string of the molecule is COc1ccc2c(c1)N(C)CC(C)N2S(=O)(=O)c1ccc(N2CCC(O)C2=O)cc1. The second-order valence-electron chi connectivity index (χ2n) is 7.67. The van der Waals surface area contributed by atoms with Gasteiger partial charge in [0.15, 0.2) is 0 Å². The Labute approximate surface area is 176 Å². The molecule has 2 aromatic rings. The van der Waals surface area contributed by atoms with E-state index in [4.69, 9.17) is 4.74 Å². The van der Waals surface area contributed by atoms with E-state index < -0.39 is 16.1 Å². The Morgan fingerprint density at radius 2 is 1.80 bits per heavy atom. The van der Waals surface area contributed by atoms with Gasteiger partial charge in [-0.2, -0.15) is 0 Å². The Hall–Kier alpha value is -2.78. The van der Waals surface area contributed by atoms with Crippen molar-refractivity contribution < 1.29 is 23.1 Å². The third kappa shape index (κ3) is 3.27. The lowest BCUT2D eigenvalue weighted by Crippen LogP contribution is -2.49. The second kappa shape index (κ2) is 7.48.